The fraction of sp³-hybridized carbons (Fsp3) is 0.805. The second-order valence-electron chi connectivity index (χ2n) is 24.5. The van der Waals surface area contributed by atoms with E-state index in [9.17, 15) is 14.4 Å². The zero-order chi connectivity index (χ0) is 59.9. The van der Waals surface area contributed by atoms with Crippen molar-refractivity contribution in [1.82, 2.24) is 0 Å². The Kier molecular flexibility index (Phi) is 68.6. The van der Waals surface area contributed by atoms with Gasteiger partial charge in [-0.25, -0.2) is 0 Å². The van der Waals surface area contributed by atoms with E-state index < -0.39 is 6.10 Å². The van der Waals surface area contributed by atoms with Crippen LogP contribution in [0.15, 0.2) is 72.9 Å². The van der Waals surface area contributed by atoms with Gasteiger partial charge in [0.2, 0.25) is 0 Å². The molecule has 0 radical (unpaired) electrons. The van der Waals surface area contributed by atoms with E-state index in [1.807, 2.05) is 0 Å². The molecule has 0 aromatic rings. The van der Waals surface area contributed by atoms with Crippen LogP contribution in [-0.4, -0.2) is 37.2 Å². The Morgan fingerprint density at radius 3 is 0.735 bits per heavy atom. The zero-order valence-corrected chi connectivity index (χ0v) is 55.5. The third-order valence-corrected chi connectivity index (χ3v) is 16.2. The first-order chi connectivity index (χ1) is 41.0. The molecule has 0 amide bonds. The molecule has 0 bridgehead atoms. The van der Waals surface area contributed by atoms with E-state index in [0.29, 0.717) is 19.3 Å². The number of hydrogen-bond donors (Lipinski definition) is 0. The molecule has 0 rings (SSSR count). The number of carbonyl (C=O) groups is 3. The van der Waals surface area contributed by atoms with Crippen molar-refractivity contribution in [2.45, 2.75) is 386 Å². The van der Waals surface area contributed by atoms with Crippen LogP contribution in [0.25, 0.3) is 0 Å². The summed E-state index contributed by atoms with van der Waals surface area (Å²) >= 11 is 0. The van der Waals surface area contributed by atoms with Gasteiger partial charge in [-0.2, -0.15) is 0 Å². The lowest BCUT2D eigenvalue weighted by molar-refractivity contribution is -0.167. The number of rotatable bonds is 67. The Labute approximate surface area is 516 Å². The van der Waals surface area contributed by atoms with E-state index in [2.05, 4.69) is 93.7 Å². The summed E-state index contributed by atoms with van der Waals surface area (Å²) in [6, 6.07) is 0. The van der Waals surface area contributed by atoms with Crippen molar-refractivity contribution in [2.24, 2.45) is 0 Å². The maximum atomic E-state index is 12.9. The monoisotopic (exact) mass is 1160 g/mol. The van der Waals surface area contributed by atoms with E-state index in [1.165, 1.54) is 244 Å². The van der Waals surface area contributed by atoms with E-state index >= 15 is 0 Å². The molecule has 482 valence electrons. The first kappa shape index (κ1) is 79.8. The van der Waals surface area contributed by atoms with E-state index in [-0.39, 0.29) is 31.1 Å². The minimum Gasteiger partial charge on any atom is -0.462 e. The quantitative estimate of drug-likeness (QED) is 0.0261. The highest BCUT2D eigenvalue weighted by Gasteiger charge is 2.19. The highest BCUT2D eigenvalue weighted by Crippen LogP contribution is 2.18. The Bertz CT molecular complexity index is 1520. The highest BCUT2D eigenvalue weighted by molar-refractivity contribution is 5.71. The average Bonchev–Trinajstić information content (AvgIpc) is 3.49. The van der Waals surface area contributed by atoms with E-state index in [4.69, 9.17) is 14.2 Å². The van der Waals surface area contributed by atoms with Crippen molar-refractivity contribution < 1.29 is 28.6 Å². The molecule has 1 unspecified atom stereocenters. The molecular weight excluding hydrogens is 1020 g/mol. The molecule has 6 nitrogen and oxygen atoms in total. The summed E-state index contributed by atoms with van der Waals surface area (Å²) < 4.78 is 16.8. The van der Waals surface area contributed by atoms with E-state index in [0.717, 1.165) is 96.3 Å². The van der Waals surface area contributed by atoms with Gasteiger partial charge in [-0.05, 0) is 89.9 Å². The predicted octanol–water partition coefficient (Wildman–Crippen LogP) is 25.2. The van der Waals surface area contributed by atoms with Crippen molar-refractivity contribution in [3.05, 3.63) is 72.9 Å². The van der Waals surface area contributed by atoms with Crippen molar-refractivity contribution in [3.8, 4) is 0 Å². The van der Waals surface area contributed by atoms with Crippen LogP contribution in [0.1, 0.15) is 380 Å². The molecule has 0 N–H and O–H groups in total. The molecule has 0 spiro atoms. The smallest absolute Gasteiger partial charge is 0.306 e. The molecule has 83 heavy (non-hydrogen) atoms. The summed E-state index contributed by atoms with van der Waals surface area (Å²) in [6.07, 6.45) is 94.3. The van der Waals surface area contributed by atoms with Gasteiger partial charge in [0.15, 0.2) is 6.10 Å². The number of unbranched alkanes of at least 4 members (excludes halogenated alkanes) is 44. The van der Waals surface area contributed by atoms with Crippen LogP contribution in [0.2, 0.25) is 0 Å². The van der Waals surface area contributed by atoms with Crippen molar-refractivity contribution in [2.75, 3.05) is 13.2 Å². The van der Waals surface area contributed by atoms with Crippen LogP contribution in [0.5, 0.6) is 0 Å². The Morgan fingerprint density at radius 2 is 0.470 bits per heavy atom. The largest absolute Gasteiger partial charge is 0.462 e. The van der Waals surface area contributed by atoms with Gasteiger partial charge in [-0.3, -0.25) is 14.4 Å². The molecule has 0 aliphatic rings. The number of hydrogen-bond acceptors (Lipinski definition) is 6. The van der Waals surface area contributed by atoms with Gasteiger partial charge in [-0.1, -0.05) is 344 Å². The Hall–Kier alpha value is -3.15. The number of allylic oxidation sites excluding steroid dienone is 12. The second-order valence-corrected chi connectivity index (χ2v) is 24.5. The lowest BCUT2D eigenvalue weighted by Crippen LogP contribution is -2.30. The lowest BCUT2D eigenvalue weighted by atomic mass is 10.0. The summed E-state index contributed by atoms with van der Waals surface area (Å²) in [5, 5.41) is 0. The molecule has 6 heteroatoms. The molecular formula is C77H138O6. The molecule has 1 atom stereocenters. The van der Waals surface area contributed by atoms with Gasteiger partial charge in [0, 0.05) is 19.3 Å². The summed E-state index contributed by atoms with van der Waals surface area (Å²) in [4.78, 5) is 38.0. The summed E-state index contributed by atoms with van der Waals surface area (Å²) in [6.45, 7) is 6.49. The van der Waals surface area contributed by atoms with Gasteiger partial charge in [0.1, 0.15) is 13.2 Å². The first-order valence-electron chi connectivity index (χ1n) is 36.4. The van der Waals surface area contributed by atoms with E-state index in [1.54, 1.807) is 0 Å². The average molecular weight is 1160 g/mol. The lowest BCUT2D eigenvalue weighted by Gasteiger charge is -2.18. The van der Waals surface area contributed by atoms with Crippen molar-refractivity contribution in [3.63, 3.8) is 0 Å². The standard InChI is InChI=1S/C77H138O6/c1-4-7-10-13-15-17-19-21-23-25-27-29-31-33-34-35-36-37-38-39-40-41-42-44-45-47-49-51-53-55-57-59-61-64-67-70-76(79)82-73-74(72-81-75(78)69-66-63-12-9-6-3)83-77(80)71-68-65-62-60-58-56-54-52-50-48-46-43-32-30-28-26-24-22-20-18-16-14-11-8-5-2/h7,10,15,17,20-23,26-29,74H,4-6,8-9,11-14,16,18-19,24-25,30-73H2,1-3H3/b10-7-,17-15-,22-20-,23-21-,28-26-,29-27-. The topological polar surface area (TPSA) is 78.9 Å². The predicted molar refractivity (Wildman–Crippen MR) is 362 cm³/mol. The zero-order valence-electron chi connectivity index (χ0n) is 55.5. The van der Waals surface area contributed by atoms with Gasteiger partial charge in [-0.15, -0.1) is 0 Å². The summed E-state index contributed by atoms with van der Waals surface area (Å²) in [5.74, 6) is -0.863. The van der Waals surface area contributed by atoms with Gasteiger partial charge in [0.25, 0.3) is 0 Å². The fourth-order valence-electron chi connectivity index (χ4n) is 10.8. The van der Waals surface area contributed by atoms with Crippen LogP contribution >= 0.6 is 0 Å². The maximum Gasteiger partial charge on any atom is 0.306 e. The fourth-order valence-corrected chi connectivity index (χ4v) is 10.8. The molecule has 0 fully saturated rings. The van der Waals surface area contributed by atoms with Crippen LogP contribution in [0.3, 0.4) is 0 Å². The molecule has 0 heterocycles. The van der Waals surface area contributed by atoms with Crippen LogP contribution in [-0.2, 0) is 28.6 Å². The third-order valence-electron chi connectivity index (χ3n) is 16.2. The Morgan fingerprint density at radius 1 is 0.253 bits per heavy atom. The first-order valence-corrected chi connectivity index (χ1v) is 36.4. The Balaban J connectivity index is 3.89. The summed E-state index contributed by atoms with van der Waals surface area (Å²) in [7, 11) is 0. The SMILES string of the molecule is CC/C=C\C/C=C\C/C=C\C/C=C\CCCCCCCCCCCCCCCCCCCCCCCCC(=O)OCC(COC(=O)CCCCCCC)OC(=O)CCCCCCCCCCCCCCC/C=C\C/C=C\CCCCCCC. The number of carbonyl (C=O) groups excluding carboxylic acids is 3. The minimum atomic E-state index is -0.770. The second kappa shape index (κ2) is 71.3. The molecule has 0 aromatic heterocycles. The number of esters is 3. The summed E-state index contributed by atoms with van der Waals surface area (Å²) in [5.41, 5.74) is 0. The van der Waals surface area contributed by atoms with Crippen LogP contribution < -0.4 is 0 Å². The van der Waals surface area contributed by atoms with Crippen LogP contribution in [0, 0.1) is 0 Å². The normalized spacial score (nSPS) is 12.5. The van der Waals surface area contributed by atoms with Gasteiger partial charge < -0.3 is 14.2 Å². The third kappa shape index (κ3) is 69.5. The van der Waals surface area contributed by atoms with Crippen molar-refractivity contribution >= 4 is 17.9 Å². The molecule has 0 saturated heterocycles. The molecule has 0 aliphatic heterocycles. The van der Waals surface area contributed by atoms with Crippen molar-refractivity contribution in [1.29, 1.82) is 0 Å². The van der Waals surface area contributed by atoms with Gasteiger partial charge >= 0.3 is 17.9 Å². The maximum absolute atomic E-state index is 12.9. The molecule has 0 aliphatic carbocycles. The molecule has 0 saturated carbocycles. The molecule has 0 aromatic carbocycles. The highest BCUT2D eigenvalue weighted by atomic mass is 16.6. The van der Waals surface area contributed by atoms with Gasteiger partial charge in [0.05, 0.1) is 0 Å². The number of ether oxygens (including phenoxy) is 3. The van der Waals surface area contributed by atoms with Crippen LogP contribution in [0.4, 0.5) is 0 Å². The minimum absolute atomic E-state index is 0.0700.